The summed E-state index contributed by atoms with van der Waals surface area (Å²) in [5.74, 6) is -0.562. The Morgan fingerprint density at radius 1 is 1.04 bits per heavy atom. The lowest BCUT2D eigenvalue weighted by Gasteiger charge is -2.04. The van der Waals surface area contributed by atoms with Crippen molar-refractivity contribution >= 4 is 21.9 Å². The van der Waals surface area contributed by atoms with Crippen molar-refractivity contribution in [2.75, 3.05) is 0 Å². The molecule has 0 unspecified atom stereocenters. The Bertz CT molecular complexity index is 1150. The van der Waals surface area contributed by atoms with Crippen LogP contribution in [-0.4, -0.2) is 0 Å². The van der Waals surface area contributed by atoms with E-state index in [1.54, 1.807) is 6.07 Å². The van der Waals surface area contributed by atoms with Gasteiger partial charge in [0.05, 0.1) is 5.56 Å². The van der Waals surface area contributed by atoms with Gasteiger partial charge in [-0.2, -0.15) is 5.26 Å². The van der Waals surface area contributed by atoms with Gasteiger partial charge < -0.3 is 4.42 Å². The number of hydrogen-bond donors (Lipinski definition) is 0. The van der Waals surface area contributed by atoms with Crippen LogP contribution in [0.15, 0.2) is 53.1 Å². The van der Waals surface area contributed by atoms with Gasteiger partial charge in [0.15, 0.2) is 11.8 Å². The zero-order valence-electron chi connectivity index (χ0n) is 13.3. The van der Waals surface area contributed by atoms with E-state index in [2.05, 4.69) is 0 Å². The molecule has 0 amide bonds. The fourth-order valence-corrected chi connectivity index (χ4v) is 3.18. The predicted molar refractivity (Wildman–Crippen MR) is 89.7 cm³/mol. The first-order valence-corrected chi connectivity index (χ1v) is 7.61. The largest absolute Gasteiger partial charge is 0.454 e. The first kappa shape index (κ1) is 14.4. The minimum absolute atomic E-state index is 0.0512. The molecule has 2 heterocycles. The van der Waals surface area contributed by atoms with E-state index >= 15 is 0 Å². The summed E-state index contributed by atoms with van der Waals surface area (Å²) < 4.78 is 21.9. The highest BCUT2D eigenvalue weighted by molar-refractivity contribution is 6.10. The second-order valence-corrected chi connectivity index (χ2v) is 5.84. The average Bonchev–Trinajstić information content (AvgIpc) is 2.94. The Hall–Kier alpha value is -3.19. The first-order valence-electron chi connectivity index (χ1n) is 7.61. The van der Waals surface area contributed by atoms with Gasteiger partial charge in [-0.25, -0.2) is 8.96 Å². The van der Waals surface area contributed by atoms with Crippen molar-refractivity contribution in [3.63, 3.8) is 0 Å². The fraction of sp³-hybridized carbons (Fsp3) is 0.100. The molecule has 24 heavy (non-hydrogen) atoms. The monoisotopic (exact) mass is 317 g/mol. The number of hydrogen-bond acceptors (Lipinski definition) is 2. The molecule has 116 valence electrons. The number of rotatable bonds is 1. The number of aromatic nitrogens is 1. The summed E-state index contributed by atoms with van der Waals surface area (Å²) in [6.07, 6.45) is 1.97. The minimum atomic E-state index is -0.562. The Morgan fingerprint density at radius 2 is 1.79 bits per heavy atom. The molecule has 0 bridgehead atoms. The van der Waals surface area contributed by atoms with E-state index in [0.29, 0.717) is 11.2 Å². The van der Waals surface area contributed by atoms with Gasteiger partial charge in [0.1, 0.15) is 30.1 Å². The van der Waals surface area contributed by atoms with Gasteiger partial charge in [-0.15, -0.1) is 0 Å². The van der Waals surface area contributed by atoms with Crippen molar-refractivity contribution in [3.8, 4) is 17.3 Å². The van der Waals surface area contributed by atoms with Crippen LogP contribution < -0.4 is 4.57 Å². The van der Waals surface area contributed by atoms with Crippen molar-refractivity contribution in [3.05, 3.63) is 65.6 Å². The quantitative estimate of drug-likeness (QED) is 0.488. The van der Waals surface area contributed by atoms with Crippen molar-refractivity contribution in [1.29, 1.82) is 5.26 Å². The summed E-state index contributed by atoms with van der Waals surface area (Å²) in [7, 11) is 1.97. The van der Waals surface area contributed by atoms with E-state index in [1.165, 1.54) is 6.07 Å². The molecule has 0 radical (unpaired) electrons. The second-order valence-electron chi connectivity index (χ2n) is 5.84. The molecule has 0 atom stereocenters. The van der Waals surface area contributed by atoms with Crippen molar-refractivity contribution in [2.24, 2.45) is 7.05 Å². The van der Waals surface area contributed by atoms with Crippen LogP contribution >= 0.6 is 0 Å². The van der Waals surface area contributed by atoms with E-state index in [-0.39, 0.29) is 5.56 Å². The molecule has 0 saturated carbocycles. The molecule has 4 heteroatoms. The number of benzene rings is 2. The van der Waals surface area contributed by atoms with Crippen molar-refractivity contribution in [2.45, 2.75) is 6.92 Å². The van der Waals surface area contributed by atoms with Crippen LogP contribution in [0.25, 0.3) is 33.2 Å². The third-order valence-corrected chi connectivity index (χ3v) is 4.39. The Morgan fingerprint density at radius 3 is 2.54 bits per heavy atom. The molecule has 0 aliphatic rings. The van der Waals surface area contributed by atoms with E-state index in [1.807, 2.05) is 61.1 Å². The maximum absolute atomic E-state index is 13.9. The first-order chi connectivity index (χ1) is 11.6. The summed E-state index contributed by atoms with van der Waals surface area (Å²) in [5, 5.41) is 10.9. The van der Waals surface area contributed by atoms with Crippen LogP contribution in [0.2, 0.25) is 0 Å². The standard InChI is InChI=1S/C20H14FN2O/c1-12-6-7-14-13-8-9-16(21)15(11-22)19(13)24-20(14)18(12)17-5-3-4-10-23(17)2/h3-10H,1-2H3/q+1. The summed E-state index contributed by atoms with van der Waals surface area (Å²) in [5.41, 5.74) is 3.94. The molecule has 2 aromatic heterocycles. The molecule has 0 aliphatic carbocycles. The van der Waals surface area contributed by atoms with Crippen LogP contribution in [0.1, 0.15) is 11.1 Å². The van der Waals surface area contributed by atoms with Crippen LogP contribution in [0, 0.1) is 24.1 Å². The maximum atomic E-state index is 13.9. The summed E-state index contributed by atoms with van der Waals surface area (Å²) >= 11 is 0. The third kappa shape index (κ3) is 1.92. The topological polar surface area (TPSA) is 40.8 Å². The van der Waals surface area contributed by atoms with E-state index in [4.69, 9.17) is 4.42 Å². The van der Waals surface area contributed by atoms with E-state index in [9.17, 15) is 9.65 Å². The molecular formula is C20H14FN2O+. The van der Waals surface area contributed by atoms with E-state index in [0.717, 1.165) is 27.6 Å². The summed E-state index contributed by atoms with van der Waals surface area (Å²) in [6, 6.07) is 14.8. The van der Waals surface area contributed by atoms with Crippen LogP contribution in [0.5, 0.6) is 0 Å². The molecule has 4 aromatic rings. The zero-order valence-corrected chi connectivity index (χ0v) is 13.3. The molecule has 0 spiro atoms. The lowest BCUT2D eigenvalue weighted by Crippen LogP contribution is -2.30. The summed E-state index contributed by atoms with van der Waals surface area (Å²) in [6.45, 7) is 2.01. The number of nitrogens with zero attached hydrogens (tertiary/aromatic N) is 2. The Balaban J connectivity index is 2.20. The number of furan rings is 1. The van der Waals surface area contributed by atoms with Gasteiger partial charge in [0.2, 0.25) is 5.69 Å². The normalized spacial score (nSPS) is 11.1. The predicted octanol–water partition coefficient (Wildman–Crippen LogP) is 4.40. The molecule has 2 aromatic carbocycles. The second kappa shape index (κ2) is 5.17. The highest BCUT2D eigenvalue weighted by Gasteiger charge is 2.22. The molecule has 0 fully saturated rings. The number of pyridine rings is 1. The molecular weight excluding hydrogens is 303 g/mol. The highest BCUT2D eigenvalue weighted by Crippen LogP contribution is 2.38. The van der Waals surface area contributed by atoms with Gasteiger partial charge in [0.25, 0.3) is 0 Å². The van der Waals surface area contributed by atoms with Gasteiger partial charge >= 0.3 is 0 Å². The number of aryl methyl sites for hydroxylation is 2. The molecule has 3 nitrogen and oxygen atoms in total. The fourth-order valence-electron chi connectivity index (χ4n) is 3.18. The van der Waals surface area contributed by atoms with Crippen molar-refractivity contribution in [1.82, 2.24) is 0 Å². The Kier molecular flexibility index (Phi) is 3.10. The lowest BCUT2D eigenvalue weighted by atomic mass is 10.0. The number of nitriles is 1. The van der Waals surface area contributed by atoms with Crippen LogP contribution in [0.3, 0.4) is 0 Å². The zero-order chi connectivity index (χ0) is 16.8. The SMILES string of the molecule is Cc1ccc2c(oc3c(C#N)c(F)ccc32)c1-c1cccc[n+]1C. The summed E-state index contributed by atoms with van der Waals surface area (Å²) in [4.78, 5) is 0. The molecule has 0 aliphatic heterocycles. The van der Waals surface area contributed by atoms with Gasteiger partial charge in [-0.1, -0.05) is 12.1 Å². The lowest BCUT2D eigenvalue weighted by molar-refractivity contribution is -0.660. The van der Waals surface area contributed by atoms with Crippen molar-refractivity contribution < 1.29 is 13.4 Å². The smallest absolute Gasteiger partial charge is 0.216 e. The maximum Gasteiger partial charge on any atom is 0.216 e. The minimum Gasteiger partial charge on any atom is -0.454 e. The Labute approximate surface area is 138 Å². The van der Waals surface area contributed by atoms with E-state index < -0.39 is 5.82 Å². The van der Waals surface area contributed by atoms with Crippen LogP contribution in [0.4, 0.5) is 4.39 Å². The number of halogens is 1. The van der Waals surface area contributed by atoms with Gasteiger partial charge in [-0.05, 0) is 30.7 Å². The van der Waals surface area contributed by atoms with Crippen LogP contribution in [-0.2, 0) is 7.05 Å². The van der Waals surface area contributed by atoms with Gasteiger partial charge in [0, 0.05) is 22.9 Å². The molecule has 0 saturated heterocycles. The van der Waals surface area contributed by atoms with Gasteiger partial charge in [-0.3, -0.25) is 0 Å². The average molecular weight is 317 g/mol. The highest BCUT2D eigenvalue weighted by atomic mass is 19.1. The third-order valence-electron chi connectivity index (χ3n) is 4.39. The molecule has 4 rings (SSSR count). The molecule has 0 N–H and O–H groups in total. The number of fused-ring (bicyclic) bond motifs is 3.